The number of furan rings is 1. The highest BCUT2D eigenvalue weighted by molar-refractivity contribution is 5.57. The smallest absolute Gasteiger partial charge is 0.220 e. The molecule has 2 aromatic rings. The monoisotopic (exact) mass is 161 g/mol. The molecule has 12 heavy (non-hydrogen) atoms. The van der Waals surface area contributed by atoms with Crippen LogP contribution in [-0.4, -0.2) is 9.97 Å². The standard InChI is InChI=1S/C8H7N3O/c9-8-10-3-1-7(11-8)6-2-4-12-5-6/h1-5H,(H2,9,10,11). The van der Waals surface area contributed by atoms with E-state index in [-0.39, 0.29) is 5.95 Å². The van der Waals surface area contributed by atoms with Crippen LogP contribution in [0.3, 0.4) is 0 Å². The Morgan fingerprint density at radius 1 is 1.33 bits per heavy atom. The van der Waals surface area contributed by atoms with Gasteiger partial charge < -0.3 is 10.2 Å². The highest BCUT2D eigenvalue weighted by Crippen LogP contribution is 2.16. The molecule has 0 unspecified atom stereocenters. The Balaban J connectivity index is 2.48. The molecule has 0 atom stereocenters. The molecule has 2 aromatic heterocycles. The van der Waals surface area contributed by atoms with E-state index >= 15 is 0 Å². The minimum Gasteiger partial charge on any atom is -0.472 e. The van der Waals surface area contributed by atoms with Crippen LogP contribution in [0.2, 0.25) is 0 Å². The summed E-state index contributed by atoms with van der Waals surface area (Å²) in [6, 6.07) is 3.60. The van der Waals surface area contributed by atoms with Gasteiger partial charge in [-0.2, -0.15) is 0 Å². The van der Waals surface area contributed by atoms with Crippen LogP contribution in [0.15, 0.2) is 35.3 Å². The number of hydrogen-bond acceptors (Lipinski definition) is 4. The predicted molar refractivity (Wildman–Crippen MR) is 44.1 cm³/mol. The van der Waals surface area contributed by atoms with Crippen LogP contribution in [0.4, 0.5) is 5.95 Å². The zero-order valence-electron chi connectivity index (χ0n) is 6.27. The second-order valence-electron chi connectivity index (χ2n) is 2.31. The maximum absolute atomic E-state index is 5.41. The minimum absolute atomic E-state index is 0.272. The van der Waals surface area contributed by atoms with Gasteiger partial charge in [-0.15, -0.1) is 0 Å². The third-order valence-corrected chi connectivity index (χ3v) is 1.49. The SMILES string of the molecule is Nc1nccc(-c2ccoc2)n1. The Labute approximate surface area is 69.1 Å². The third-order valence-electron chi connectivity index (χ3n) is 1.49. The Kier molecular flexibility index (Phi) is 1.51. The van der Waals surface area contributed by atoms with Gasteiger partial charge in [0.25, 0.3) is 0 Å². The molecule has 0 aliphatic rings. The van der Waals surface area contributed by atoms with Crippen molar-refractivity contribution in [2.45, 2.75) is 0 Å². The van der Waals surface area contributed by atoms with E-state index in [2.05, 4.69) is 9.97 Å². The summed E-state index contributed by atoms with van der Waals surface area (Å²) in [6.45, 7) is 0. The van der Waals surface area contributed by atoms with Gasteiger partial charge in [-0.05, 0) is 12.1 Å². The number of nitrogens with two attached hydrogens (primary N) is 1. The summed E-state index contributed by atoms with van der Waals surface area (Å²) in [6.07, 6.45) is 4.82. The summed E-state index contributed by atoms with van der Waals surface area (Å²) in [5.41, 5.74) is 7.09. The largest absolute Gasteiger partial charge is 0.472 e. The van der Waals surface area contributed by atoms with Crippen LogP contribution in [-0.2, 0) is 0 Å². The molecule has 2 heterocycles. The lowest BCUT2D eigenvalue weighted by molar-refractivity contribution is 0.568. The van der Waals surface area contributed by atoms with Crippen molar-refractivity contribution in [1.82, 2.24) is 9.97 Å². The molecule has 0 saturated heterocycles. The second kappa shape index (κ2) is 2.65. The van der Waals surface area contributed by atoms with Crippen molar-refractivity contribution < 1.29 is 4.42 Å². The molecule has 0 aliphatic carbocycles. The van der Waals surface area contributed by atoms with Gasteiger partial charge in [-0.25, -0.2) is 9.97 Å². The van der Waals surface area contributed by atoms with Gasteiger partial charge >= 0.3 is 0 Å². The van der Waals surface area contributed by atoms with E-state index in [1.54, 1.807) is 24.8 Å². The Bertz CT molecular complexity index is 370. The van der Waals surface area contributed by atoms with Gasteiger partial charge in [-0.3, -0.25) is 0 Å². The van der Waals surface area contributed by atoms with Crippen molar-refractivity contribution in [1.29, 1.82) is 0 Å². The predicted octanol–water partition coefficient (Wildman–Crippen LogP) is 1.32. The minimum atomic E-state index is 0.272. The van der Waals surface area contributed by atoms with E-state index in [9.17, 15) is 0 Å². The quantitative estimate of drug-likeness (QED) is 0.685. The second-order valence-corrected chi connectivity index (χ2v) is 2.31. The first-order valence-corrected chi connectivity index (χ1v) is 3.47. The third kappa shape index (κ3) is 1.14. The first-order valence-electron chi connectivity index (χ1n) is 3.47. The number of rotatable bonds is 1. The number of hydrogen-bond donors (Lipinski definition) is 1. The molecule has 0 aromatic carbocycles. The van der Waals surface area contributed by atoms with E-state index in [1.807, 2.05) is 6.07 Å². The summed E-state index contributed by atoms with van der Waals surface area (Å²) in [5, 5.41) is 0. The Hall–Kier alpha value is -1.84. The van der Waals surface area contributed by atoms with Crippen molar-refractivity contribution in [3.8, 4) is 11.3 Å². The van der Waals surface area contributed by atoms with Crippen LogP contribution >= 0.6 is 0 Å². The molecule has 0 fully saturated rings. The number of anilines is 1. The van der Waals surface area contributed by atoms with Crippen molar-refractivity contribution in [2.24, 2.45) is 0 Å². The lowest BCUT2D eigenvalue weighted by Gasteiger charge is -1.95. The van der Waals surface area contributed by atoms with Crippen LogP contribution in [0, 0.1) is 0 Å². The molecule has 4 nitrogen and oxygen atoms in total. The maximum Gasteiger partial charge on any atom is 0.220 e. The van der Waals surface area contributed by atoms with E-state index in [4.69, 9.17) is 10.2 Å². The molecule has 0 radical (unpaired) electrons. The van der Waals surface area contributed by atoms with Gasteiger partial charge in [0.1, 0.15) is 0 Å². The summed E-state index contributed by atoms with van der Waals surface area (Å²) < 4.78 is 4.91. The van der Waals surface area contributed by atoms with Crippen LogP contribution in [0.5, 0.6) is 0 Å². The van der Waals surface area contributed by atoms with E-state index in [1.165, 1.54) is 0 Å². The number of nitrogens with zero attached hydrogens (tertiary/aromatic N) is 2. The lowest BCUT2D eigenvalue weighted by atomic mass is 10.2. The van der Waals surface area contributed by atoms with Crippen LogP contribution < -0.4 is 5.73 Å². The summed E-state index contributed by atoms with van der Waals surface area (Å²) in [7, 11) is 0. The van der Waals surface area contributed by atoms with Gasteiger partial charge in [-0.1, -0.05) is 0 Å². The lowest BCUT2D eigenvalue weighted by Crippen LogP contribution is -1.94. The Morgan fingerprint density at radius 2 is 2.25 bits per heavy atom. The van der Waals surface area contributed by atoms with E-state index in [0.29, 0.717) is 0 Å². The fourth-order valence-electron chi connectivity index (χ4n) is 0.945. The average molecular weight is 161 g/mol. The topological polar surface area (TPSA) is 64.9 Å². The van der Waals surface area contributed by atoms with Gasteiger partial charge in [0.15, 0.2) is 0 Å². The molecule has 0 amide bonds. The molecular weight excluding hydrogens is 154 g/mol. The molecule has 0 bridgehead atoms. The zero-order chi connectivity index (χ0) is 8.39. The first kappa shape index (κ1) is 6.84. The fraction of sp³-hybridized carbons (Fsp3) is 0. The molecule has 60 valence electrons. The van der Waals surface area contributed by atoms with Gasteiger partial charge in [0.05, 0.1) is 18.2 Å². The van der Waals surface area contributed by atoms with Crippen molar-refractivity contribution in [2.75, 3.05) is 5.73 Å². The molecule has 0 aliphatic heterocycles. The van der Waals surface area contributed by atoms with Crippen LogP contribution in [0.25, 0.3) is 11.3 Å². The number of aromatic nitrogens is 2. The average Bonchev–Trinajstić information content (AvgIpc) is 2.56. The van der Waals surface area contributed by atoms with Crippen molar-refractivity contribution in [3.63, 3.8) is 0 Å². The summed E-state index contributed by atoms with van der Waals surface area (Å²) in [5.74, 6) is 0.272. The Morgan fingerprint density at radius 3 is 2.92 bits per heavy atom. The molecule has 2 rings (SSSR count). The molecule has 0 saturated carbocycles. The highest BCUT2D eigenvalue weighted by atomic mass is 16.3. The summed E-state index contributed by atoms with van der Waals surface area (Å²) >= 11 is 0. The van der Waals surface area contributed by atoms with Crippen molar-refractivity contribution >= 4 is 5.95 Å². The molecule has 4 heteroatoms. The normalized spacial score (nSPS) is 10.0. The number of nitrogen functional groups attached to an aromatic ring is 1. The van der Waals surface area contributed by atoms with E-state index < -0.39 is 0 Å². The van der Waals surface area contributed by atoms with Gasteiger partial charge in [0.2, 0.25) is 5.95 Å². The van der Waals surface area contributed by atoms with Crippen LogP contribution in [0.1, 0.15) is 0 Å². The molecule has 0 spiro atoms. The molecule has 2 N–H and O–H groups in total. The van der Waals surface area contributed by atoms with Crippen molar-refractivity contribution in [3.05, 3.63) is 30.9 Å². The highest BCUT2D eigenvalue weighted by Gasteiger charge is 1.99. The fourth-order valence-corrected chi connectivity index (χ4v) is 0.945. The first-order chi connectivity index (χ1) is 5.86. The molecular formula is C8H7N3O. The van der Waals surface area contributed by atoms with E-state index in [0.717, 1.165) is 11.3 Å². The zero-order valence-corrected chi connectivity index (χ0v) is 6.27. The van der Waals surface area contributed by atoms with Gasteiger partial charge in [0, 0.05) is 11.8 Å². The maximum atomic E-state index is 5.41. The summed E-state index contributed by atoms with van der Waals surface area (Å²) in [4.78, 5) is 7.81.